The molecule has 1 N–H and O–H groups in total. The van der Waals surface area contributed by atoms with E-state index in [0.717, 1.165) is 37.5 Å². The summed E-state index contributed by atoms with van der Waals surface area (Å²) in [6.45, 7) is 5.43. The lowest BCUT2D eigenvalue weighted by Crippen LogP contribution is -2.59. The van der Waals surface area contributed by atoms with Crippen LogP contribution in [0.3, 0.4) is 0 Å². The Kier molecular flexibility index (Phi) is 4.66. The van der Waals surface area contributed by atoms with E-state index in [-0.39, 0.29) is 0 Å². The van der Waals surface area contributed by atoms with E-state index in [9.17, 15) is 5.11 Å². The minimum absolute atomic E-state index is 0.351. The van der Waals surface area contributed by atoms with Gasteiger partial charge in [0.2, 0.25) is 0 Å². The number of likely N-dealkylation sites (tertiary alicyclic amines) is 1. The number of hydrogen-bond donors (Lipinski definition) is 1. The molecule has 2 saturated carbocycles. The molecule has 2 atom stereocenters. The Morgan fingerprint density at radius 2 is 1.75 bits per heavy atom. The molecule has 1 saturated heterocycles. The third-order valence-corrected chi connectivity index (χ3v) is 6.87. The van der Waals surface area contributed by atoms with Gasteiger partial charge in [-0.3, -0.25) is 4.98 Å². The van der Waals surface area contributed by atoms with E-state index >= 15 is 0 Å². The molecule has 24 heavy (non-hydrogen) atoms. The Morgan fingerprint density at radius 3 is 2.38 bits per heavy atom. The number of aliphatic hydroxyl groups is 1. The highest BCUT2D eigenvalue weighted by molar-refractivity contribution is 5.22. The van der Waals surface area contributed by atoms with Crippen LogP contribution < -0.4 is 0 Å². The minimum atomic E-state index is -0.699. The number of fused-ring (bicyclic) bond motifs is 2. The molecule has 0 spiro atoms. The van der Waals surface area contributed by atoms with Gasteiger partial charge in [-0.15, -0.1) is 0 Å². The van der Waals surface area contributed by atoms with Crippen molar-refractivity contribution in [2.24, 2.45) is 17.8 Å². The lowest BCUT2D eigenvalue weighted by molar-refractivity contribution is -0.151. The summed E-state index contributed by atoms with van der Waals surface area (Å²) in [6, 6.07) is 4.17. The van der Waals surface area contributed by atoms with Gasteiger partial charge in [-0.05, 0) is 50.2 Å². The van der Waals surface area contributed by atoms with Gasteiger partial charge in [0.25, 0.3) is 0 Å². The van der Waals surface area contributed by atoms with Gasteiger partial charge in [-0.2, -0.15) is 0 Å². The number of aromatic nitrogens is 1. The first kappa shape index (κ1) is 16.5. The zero-order chi connectivity index (χ0) is 16.6. The van der Waals surface area contributed by atoms with Gasteiger partial charge >= 0.3 is 0 Å². The number of aryl methyl sites for hydroxylation is 1. The fourth-order valence-electron chi connectivity index (χ4n) is 5.55. The van der Waals surface area contributed by atoms with Gasteiger partial charge in [0, 0.05) is 37.7 Å². The first-order valence-electron chi connectivity index (χ1n) is 10.0. The van der Waals surface area contributed by atoms with E-state index in [2.05, 4.69) is 28.9 Å². The second-order valence-corrected chi connectivity index (χ2v) is 8.59. The lowest BCUT2D eigenvalue weighted by atomic mass is 9.63. The van der Waals surface area contributed by atoms with Crippen LogP contribution >= 0.6 is 0 Å². The molecule has 2 heterocycles. The zero-order valence-corrected chi connectivity index (χ0v) is 15.1. The van der Waals surface area contributed by atoms with Crippen molar-refractivity contribution < 1.29 is 5.11 Å². The number of nitrogens with zero attached hydrogens (tertiary/aromatic N) is 2. The fourth-order valence-corrected chi connectivity index (χ4v) is 5.55. The molecule has 0 unspecified atom stereocenters. The molecule has 1 aliphatic heterocycles. The predicted molar refractivity (Wildman–Crippen MR) is 96.7 cm³/mol. The van der Waals surface area contributed by atoms with Crippen LogP contribution in [0.5, 0.6) is 0 Å². The van der Waals surface area contributed by atoms with Crippen LogP contribution in [0, 0.1) is 24.7 Å². The molecular weight excluding hydrogens is 296 g/mol. The predicted octanol–water partition coefficient (Wildman–Crippen LogP) is 3.89. The van der Waals surface area contributed by atoms with Crippen LogP contribution in [0.15, 0.2) is 18.3 Å². The number of hydrogen-bond acceptors (Lipinski definition) is 3. The zero-order valence-electron chi connectivity index (χ0n) is 15.1. The summed E-state index contributed by atoms with van der Waals surface area (Å²) < 4.78 is 0. The standard InChI is InChI=1S/C21H32N2O/c1-16-10-11-20(22-12-16)21(24)18-8-5-9-19(21)15-23(14-18)13-17-6-3-2-4-7-17/h10-12,17-19,24H,2-9,13-15H2,1H3/t18-,19-/m0/s1. The largest absolute Gasteiger partial charge is 0.383 e. The van der Waals surface area contributed by atoms with Crippen molar-refractivity contribution in [1.29, 1.82) is 0 Å². The van der Waals surface area contributed by atoms with Gasteiger partial charge in [-0.25, -0.2) is 0 Å². The van der Waals surface area contributed by atoms with Crippen molar-refractivity contribution in [2.45, 2.75) is 63.9 Å². The molecule has 3 nitrogen and oxygen atoms in total. The Balaban J connectivity index is 1.51. The summed E-state index contributed by atoms with van der Waals surface area (Å²) in [7, 11) is 0. The van der Waals surface area contributed by atoms with Crippen LogP contribution in [0.1, 0.15) is 62.6 Å². The molecule has 2 bridgehead atoms. The van der Waals surface area contributed by atoms with Crippen LogP contribution in [0.2, 0.25) is 0 Å². The topological polar surface area (TPSA) is 36.4 Å². The van der Waals surface area contributed by atoms with E-state index in [1.54, 1.807) is 0 Å². The summed E-state index contributed by atoms with van der Waals surface area (Å²) in [5.41, 5.74) is 1.39. The molecule has 1 aromatic rings. The third-order valence-electron chi connectivity index (χ3n) is 6.87. The average molecular weight is 329 g/mol. The molecular formula is C21H32N2O. The van der Waals surface area contributed by atoms with E-state index in [1.807, 2.05) is 6.20 Å². The van der Waals surface area contributed by atoms with Crippen molar-refractivity contribution in [3.63, 3.8) is 0 Å². The highest BCUT2D eigenvalue weighted by Crippen LogP contribution is 2.48. The molecule has 2 aliphatic carbocycles. The maximum Gasteiger partial charge on any atom is 0.114 e. The van der Waals surface area contributed by atoms with Gasteiger partial charge < -0.3 is 10.0 Å². The normalized spacial score (nSPS) is 35.1. The Labute approximate surface area is 146 Å². The molecule has 0 aromatic carbocycles. The molecule has 3 aliphatic rings. The van der Waals surface area contributed by atoms with E-state index in [0.29, 0.717) is 11.8 Å². The summed E-state index contributed by atoms with van der Waals surface area (Å²) >= 11 is 0. The number of piperidine rings is 1. The van der Waals surface area contributed by atoms with Crippen molar-refractivity contribution in [2.75, 3.05) is 19.6 Å². The summed E-state index contributed by atoms with van der Waals surface area (Å²) in [6.07, 6.45) is 12.6. The summed E-state index contributed by atoms with van der Waals surface area (Å²) in [5, 5.41) is 11.6. The summed E-state index contributed by atoms with van der Waals surface area (Å²) in [4.78, 5) is 7.30. The van der Waals surface area contributed by atoms with Gasteiger partial charge in [0.15, 0.2) is 0 Å². The fraction of sp³-hybridized carbons (Fsp3) is 0.762. The molecule has 132 valence electrons. The first-order valence-corrected chi connectivity index (χ1v) is 10.0. The van der Waals surface area contributed by atoms with Crippen LogP contribution in [-0.4, -0.2) is 34.6 Å². The molecule has 1 aromatic heterocycles. The van der Waals surface area contributed by atoms with Crippen molar-refractivity contribution in [3.05, 3.63) is 29.6 Å². The highest BCUT2D eigenvalue weighted by atomic mass is 16.3. The first-order chi connectivity index (χ1) is 11.7. The van der Waals surface area contributed by atoms with Gasteiger partial charge in [0.1, 0.15) is 5.60 Å². The second-order valence-electron chi connectivity index (χ2n) is 8.59. The van der Waals surface area contributed by atoms with Crippen LogP contribution in [0.4, 0.5) is 0 Å². The van der Waals surface area contributed by atoms with Crippen molar-refractivity contribution in [3.8, 4) is 0 Å². The molecule has 3 heteroatoms. The SMILES string of the molecule is Cc1ccc(C2(O)[C@H]3CCC[C@H]2CN(CC2CCCCC2)C3)nc1. The number of rotatable bonds is 3. The second kappa shape index (κ2) is 6.76. The Morgan fingerprint density at radius 1 is 1.04 bits per heavy atom. The van der Waals surface area contributed by atoms with Crippen molar-refractivity contribution in [1.82, 2.24) is 9.88 Å². The smallest absolute Gasteiger partial charge is 0.114 e. The summed E-state index contributed by atoms with van der Waals surface area (Å²) in [5.74, 6) is 1.59. The van der Waals surface area contributed by atoms with Gasteiger partial charge in [0.05, 0.1) is 5.69 Å². The van der Waals surface area contributed by atoms with E-state index in [1.165, 1.54) is 50.6 Å². The van der Waals surface area contributed by atoms with Crippen LogP contribution in [-0.2, 0) is 5.60 Å². The Hall–Kier alpha value is -0.930. The van der Waals surface area contributed by atoms with Crippen LogP contribution in [0.25, 0.3) is 0 Å². The molecule has 3 fully saturated rings. The Bertz CT molecular complexity index is 535. The molecule has 0 amide bonds. The average Bonchev–Trinajstić information content (AvgIpc) is 2.57. The minimum Gasteiger partial charge on any atom is -0.383 e. The van der Waals surface area contributed by atoms with Gasteiger partial charge in [-0.1, -0.05) is 31.7 Å². The van der Waals surface area contributed by atoms with Crippen molar-refractivity contribution >= 4 is 0 Å². The number of pyridine rings is 1. The quantitative estimate of drug-likeness (QED) is 0.914. The molecule has 0 radical (unpaired) electrons. The lowest BCUT2D eigenvalue weighted by Gasteiger charge is -2.53. The third kappa shape index (κ3) is 3.01. The monoisotopic (exact) mass is 328 g/mol. The molecule has 4 rings (SSSR count). The maximum absolute atomic E-state index is 11.6. The maximum atomic E-state index is 11.6. The van der Waals surface area contributed by atoms with E-state index in [4.69, 9.17) is 0 Å². The highest BCUT2D eigenvalue weighted by Gasteiger charge is 2.52. The van der Waals surface area contributed by atoms with E-state index < -0.39 is 5.60 Å².